The molecule has 1 aromatic carbocycles. The van der Waals surface area contributed by atoms with Crippen LogP contribution in [0, 0.1) is 0 Å². The molecule has 0 radical (unpaired) electrons. The first-order chi connectivity index (χ1) is 11.6. The summed E-state index contributed by atoms with van der Waals surface area (Å²) in [6.07, 6.45) is 5.49. The maximum absolute atomic E-state index is 12.5. The second-order valence-electron chi connectivity index (χ2n) is 6.58. The van der Waals surface area contributed by atoms with E-state index in [0.717, 1.165) is 31.4 Å². The smallest absolute Gasteiger partial charge is 0.269 e. The molecule has 0 unspecified atom stereocenters. The van der Waals surface area contributed by atoms with Crippen molar-refractivity contribution in [3.63, 3.8) is 0 Å². The zero-order valence-electron chi connectivity index (χ0n) is 14.1. The number of rotatable bonds is 5. The van der Waals surface area contributed by atoms with Gasteiger partial charge in [-0.3, -0.25) is 9.48 Å². The van der Waals surface area contributed by atoms with Gasteiger partial charge < -0.3 is 10.4 Å². The van der Waals surface area contributed by atoms with Crippen LogP contribution in [0.25, 0.3) is 0 Å². The summed E-state index contributed by atoms with van der Waals surface area (Å²) in [6, 6.07) is 11.7. The van der Waals surface area contributed by atoms with E-state index in [1.807, 2.05) is 30.3 Å². The molecule has 1 aromatic heterocycles. The minimum atomic E-state index is -0.771. The van der Waals surface area contributed by atoms with Crippen molar-refractivity contribution >= 4 is 5.91 Å². The van der Waals surface area contributed by atoms with Crippen molar-refractivity contribution in [3.8, 4) is 0 Å². The summed E-state index contributed by atoms with van der Waals surface area (Å²) < 4.78 is 1.75. The summed E-state index contributed by atoms with van der Waals surface area (Å²) in [6.45, 7) is 2.81. The molecule has 0 aliphatic heterocycles. The third-order valence-corrected chi connectivity index (χ3v) is 4.84. The minimum absolute atomic E-state index is 0.0731. The first-order valence-corrected chi connectivity index (χ1v) is 8.73. The van der Waals surface area contributed by atoms with Crippen molar-refractivity contribution in [2.24, 2.45) is 0 Å². The van der Waals surface area contributed by atoms with Gasteiger partial charge in [-0.2, -0.15) is 5.10 Å². The molecule has 0 bridgehead atoms. The monoisotopic (exact) mass is 327 g/mol. The molecule has 1 heterocycles. The van der Waals surface area contributed by atoms with Gasteiger partial charge in [0, 0.05) is 18.8 Å². The molecule has 5 nitrogen and oxygen atoms in total. The van der Waals surface area contributed by atoms with E-state index in [1.54, 1.807) is 16.9 Å². The Labute approximate surface area is 142 Å². The molecule has 2 aromatic rings. The SMILES string of the molecule is CCCn1nccc1C(=O)NC1CCC(O)(c2ccccc2)CC1. The van der Waals surface area contributed by atoms with E-state index >= 15 is 0 Å². The third kappa shape index (κ3) is 3.51. The highest BCUT2D eigenvalue weighted by atomic mass is 16.3. The number of aliphatic hydroxyl groups is 1. The van der Waals surface area contributed by atoms with Crippen molar-refractivity contribution in [1.82, 2.24) is 15.1 Å². The van der Waals surface area contributed by atoms with Crippen LogP contribution in [0.3, 0.4) is 0 Å². The molecule has 128 valence electrons. The highest BCUT2D eigenvalue weighted by Crippen LogP contribution is 2.36. The number of hydrogen-bond donors (Lipinski definition) is 2. The fraction of sp³-hybridized carbons (Fsp3) is 0.474. The van der Waals surface area contributed by atoms with Gasteiger partial charge in [0.2, 0.25) is 0 Å². The van der Waals surface area contributed by atoms with Gasteiger partial charge in [-0.25, -0.2) is 0 Å². The maximum atomic E-state index is 12.5. The van der Waals surface area contributed by atoms with Crippen LogP contribution in [0.5, 0.6) is 0 Å². The number of carbonyl (C=O) groups is 1. The molecule has 0 saturated heterocycles. The Morgan fingerprint density at radius 2 is 2.00 bits per heavy atom. The molecule has 1 saturated carbocycles. The van der Waals surface area contributed by atoms with Crippen molar-refractivity contribution in [2.75, 3.05) is 0 Å². The van der Waals surface area contributed by atoms with Crippen molar-refractivity contribution in [1.29, 1.82) is 0 Å². The van der Waals surface area contributed by atoms with E-state index in [2.05, 4.69) is 17.3 Å². The second kappa shape index (κ2) is 7.18. The summed E-state index contributed by atoms with van der Waals surface area (Å²) in [7, 11) is 0. The topological polar surface area (TPSA) is 67.2 Å². The summed E-state index contributed by atoms with van der Waals surface area (Å²) in [5.41, 5.74) is 0.809. The van der Waals surface area contributed by atoms with Gasteiger partial charge in [0.05, 0.1) is 5.60 Å². The van der Waals surface area contributed by atoms with Crippen LogP contribution in [0.4, 0.5) is 0 Å². The lowest BCUT2D eigenvalue weighted by Crippen LogP contribution is -2.42. The number of nitrogens with one attached hydrogen (secondary N) is 1. The number of benzene rings is 1. The molecule has 1 aliphatic carbocycles. The Morgan fingerprint density at radius 3 is 2.67 bits per heavy atom. The summed E-state index contributed by atoms with van der Waals surface area (Å²) in [5, 5.41) is 18.2. The standard InChI is InChI=1S/C19H25N3O2/c1-2-14-22-17(10-13-20-22)18(23)21-16-8-11-19(24,12-9-16)15-6-4-3-5-7-15/h3-7,10,13,16,24H,2,8-9,11-12,14H2,1H3,(H,21,23). The number of hydrogen-bond acceptors (Lipinski definition) is 3. The Bertz CT molecular complexity index is 673. The number of aromatic nitrogens is 2. The predicted molar refractivity (Wildman–Crippen MR) is 92.6 cm³/mol. The molecule has 0 atom stereocenters. The van der Waals surface area contributed by atoms with Crippen LogP contribution in [0.15, 0.2) is 42.6 Å². The largest absolute Gasteiger partial charge is 0.385 e. The van der Waals surface area contributed by atoms with Crippen molar-refractivity contribution in [2.45, 2.75) is 57.2 Å². The number of amides is 1. The van der Waals surface area contributed by atoms with Crippen LogP contribution in [0.1, 0.15) is 55.1 Å². The fourth-order valence-electron chi connectivity index (χ4n) is 3.45. The molecule has 5 heteroatoms. The molecule has 0 spiro atoms. The first-order valence-electron chi connectivity index (χ1n) is 8.73. The summed E-state index contributed by atoms with van der Waals surface area (Å²) in [4.78, 5) is 12.5. The Hall–Kier alpha value is -2.14. The predicted octanol–water partition coefficient (Wildman–Crippen LogP) is 2.85. The summed E-state index contributed by atoms with van der Waals surface area (Å²) >= 11 is 0. The van der Waals surface area contributed by atoms with Crippen LogP contribution < -0.4 is 5.32 Å². The molecular formula is C19H25N3O2. The molecular weight excluding hydrogens is 302 g/mol. The minimum Gasteiger partial charge on any atom is -0.385 e. The molecule has 1 amide bonds. The average Bonchev–Trinajstić information content (AvgIpc) is 3.07. The fourth-order valence-corrected chi connectivity index (χ4v) is 3.45. The Morgan fingerprint density at radius 1 is 1.29 bits per heavy atom. The molecule has 1 fully saturated rings. The maximum Gasteiger partial charge on any atom is 0.269 e. The lowest BCUT2D eigenvalue weighted by Gasteiger charge is -2.36. The number of nitrogens with zero attached hydrogens (tertiary/aromatic N) is 2. The van der Waals surface area contributed by atoms with Crippen LogP contribution in [0.2, 0.25) is 0 Å². The second-order valence-corrected chi connectivity index (χ2v) is 6.58. The van der Waals surface area contributed by atoms with E-state index in [9.17, 15) is 9.90 Å². The van der Waals surface area contributed by atoms with E-state index in [1.165, 1.54) is 0 Å². The van der Waals surface area contributed by atoms with Crippen LogP contribution in [-0.4, -0.2) is 26.8 Å². The van der Waals surface area contributed by atoms with Gasteiger partial charge in [0.1, 0.15) is 5.69 Å². The number of carbonyl (C=O) groups excluding carboxylic acids is 1. The van der Waals surface area contributed by atoms with Gasteiger partial charge in [-0.15, -0.1) is 0 Å². The third-order valence-electron chi connectivity index (χ3n) is 4.84. The van der Waals surface area contributed by atoms with Gasteiger partial charge in [0.25, 0.3) is 5.91 Å². The lowest BCUT2D eigenvalue weighted by atomic mass is 9.78. The van der Waals surface area contributed by atoms with Gasteiger partial charge in [0.15, 0.2) is 0 Å². The summed E-state index contributed by atoms with van der Waals surface area (Å²) in [5.74, 6) is -0.0731. The molecule has 24 heavy (non-hydrogen) atoms. The van der Waals surface area contributed by atoms with E-state index in [-0.39, 0.29) is 11.9 Å². The Kier molecular flexibility index (Phi) is 5.00. The highest BCUT2D eigenvalue weighted by molar-refractivity contribution is 5.92. The van der Waals surface area contributed by atoms with Crippen LogP contribution in [-0.2, 0) is 12.1 Å². The average molecular weight is 327 g/mol. The first kappa shape index (κ1) is 16.7. The van der Waals surface area contributed by atoms with E-state index < -0.39 is 5.60 Å². The normalized spacial score (nSPS) is 23.8. The van der Waals surface area contributed by atoms with Crippen LogP contribution >= 0.6 is 0 Å². The lowest BCUT2D eigenvalue weighted by molar-refractivity contribution is -0.00807. The molecule has 2 N–H and O–H groups in total. The highest BCUT2D eigenvalue weighted by Gasteiger charge is 2.35. The van der Waals surface area contributed by atoms with Gasteiger partial charge >= 0.3 is 0 Å². The number of aryl methyl sites for hydroxylation is 1. The zero-order valence-corrected chi connectivity index (χ0v) is 14.1. The Balaban J connectivity index is 1.59. The van der Waals surface area contributed by atoms with E-state index in [4.69, 9.17) is 0 Å². The molecule has 1 aliphatic rings. The molecule has 3 rings (SSSR count). The van der Waals surface area contributed by atoms with Crippen molar-refractivity contribution in [3.05, 3.63) is 53.9 Å². The van der Waals surface area contributed by atoms with Gasteiger partial charge in [-0.1, -0.05) is 37.3 Å². The van der Waals surface area contributed by atoms with Gasteiger partial charge in [-0.05, 0) is 43.7 Å². The van der Waals surface area contributed by atoms with E-state index in [0.29, 0.717) is 18.5 Å². The zero-order chi connectivity index (χ0) is 17.0. The quantitative estimate of drug-likeness (QED) is 0.887. The van der Waals surface area contributed by atoms with Crippen molar-refractivity contribution < 1.29 is 9.90 Å².